The van der Waals surface area contributed by atoms with Crippen molar-refractivity contribution in [3.05, 3.63) is 27.4 Å². The number of aromatic nitrogens is 2. The van der Waals surface area contributed by atoms with Crippen LogP contribution in [-0.4, -0.2) is 52.4 Å². The van der Waals surface area contributed by atoms with Crippen molar-refractivity contribution >= 4 is 33.9 Å². The smallest absolute Gasteiger partial charge is 0.344 e. The number of thiazole rings is 2. The van der Waals surface area contributed by atoms with Crippen molar-refractivity contribution in [2.75, 3.05) is 26.3 Å². The summed E-state index contributed by atoms with van der Waals surface area (Å²) in [4.78, 5) is 18.6. The molecule has 110 valence electrons. The number of hydrogen-bond donors (Lipinski definition) is 0. The van der Waals surface area contributed by atoms with Crippen LogP contribution in [0, 0.1) is 10.1 Å². The van der Waals surface area contributed by atoms with E-state index in [-0.39, 0.29) is 5.00 Å². The number of morpholine rings is 1. The highest BCUT2D eigenvalue weighted by Gasteiger charge is 2.15. The van der Waals surface area contributed by atoms with Gasteiger partial charge in [-0.2, -0.15) is 5.10 Å². The van der Waals surface area contributed by atoms with Gasteiger partial charge in [0.25, 0.3) is 0 Å². The Balaban J connectivity index is 1.70. The molecule has 2 aromatic rings. The molecule has 1 saturated heterocycles. The van der Waals surface area contributed by atoms with Crippen molar-refractivity contribution in [3.63, 3.8) is 0 Å². The summed E-state index contributed by atoms with van der Waals surface area (Å²) < 4.78 is 5.24. The maximum atomic E-state index is 10.7. The van der Waals surface area contributed by atoms with E-state index in [1.54, 1.807) is 6.21 Å². The zero-order valence-electron chi connectivity index (χ0n) is 10.8. The van der Waals surface area contributed by atoms with Crippen LogP contribution in [0.25, 0.3) is 10.0 Å². The quantitative estimate of drug-likeness (QED) is 0.484. The van der Waals surface area contributed by atoms with Gasteiger partial charge < -0.3 is 4.74 Å². The van der Waals surface area contributed by atoms with Crippen molar-refractivity contribution in [3.8, 4) is 10.0 Å². The number of nitro groups is 1. The van der Waals surface area contributed by atoms with Crippen molar-refractivity contribution < 1.29 is 9.66 Å². The molecule has 8 nitrogen and oxygen atoms in total. The first-order valence-corrected chi connectivity index (χ1v) is 7.85. The van der Waals surface area contributed by atoms with Crippen LogP contribution in [0.15, 0.2) is 16.7 Å². The van der Waals surface area contributed by atoms with Gasteiger partial charge >= 0.3 is 5.00 Å². The molecule has 0 unspecified atom stereocenters. The van der Waals surface area contributed by atoms with Gasteiger partial charge in [0.1, 0.15) is 6.20 Å². The predicted octanol–water partition coefficient (Wildman–Crippen LogP) is 1.84. The van der Waals surface area contributed by atoms with Crippen LogP contribution in [0.2, 0.25) is 0 Å². The molecule has 0 atom stereocenters. The van der Waals surface area contributed by atoms with E-state index in [4.69, 9.17) is 4.74 Å². The Labute approximate surface area is 127 Å². The van der Waals surface area contributed by atoms with Crippen molar-refractivity contribution in [1.29, 1.82) is 0 Å². The molecule has 0 aromatic carbocycles. The normalized spacial score (nSPS) is 15.7. The lowest BCUT2D eigenvalue weighted by atomic mass is 10.5. The van der Waals surface area contributed by atoms with Gasteiger partial charge in [-0.15, -0.1) is 11.3 Å². The van der Waals surface area contributed by atoms with Crippen LogP contribution in [0.1, 0.15) is 5.69 Å². The van der Waals surface area contributed by atoms with Gasteiger partial charge in [0.05, 0.1) is 43.1 Å². The SMILES string of the molecule is O=[N+]([O-])c1cnc(-c2nc(/C=N/N3CCOCC3)cs2)s1. The summed E-state index contributed by atoms with van der Waals surface area (Å²) in [5.74, 6) is 0. The molecule has 1 aliphatic heterocycles. The first-order valence-electron chi connectivity index (χ1n) is 6.15. The molecule has 0 N–H and O–H groups in total. The van der Waals surface area contributed by atoms with Gasteiger partial charge in [-0.1, -0.05) is 0 Å². The Kier molecular flexibility index (Phi) is 4.18. The average molecular weight is 325 g/mol. The van der Waals surface area contributed by atoms with E-state index >= 15 is 0 Å². The lowest BCUT2D eigenvalue weighted by molar-refractivity contribution is -0.380. The molecule has 1 aliphatic rings. The van der Waals surface area contributed by atoms with Crippen molar-refractivity contribution in [2.24, 2.45) is 5.10 Å². The second kappa shape index (κ2) is 6.24. The lowest BCUT2D eigenvalue weighted by Crippen LogP contribution is -2.32. The van der Waals surface area contributed by atoms with Gasteiger partial charge in [0.2, 0.25) is 0 Å². The number of rotatable bonds is 4. The zero-order valence-corrected chi connectivity index (χ0v) is 12.5. The maximum Gasteiger partial charge on any atom is 0.344 e. The summed E-state index contributed by atoms with van der Waals surface area (Å²) in [5, 5.41) is 20.0. The standard InChI is InChI=1S/C11H11N5O3S2/c17-16(18)9-6-12-10(21-9)11-14-8(7-20-11)5-13-15-1-3-19-4-2-15/h5-7H,1-4H2/b13-5+. The molecule has 0 saturated carbocycles. The highest BCUT2D eigenvalue weighted by molar-refractivity contribution is 7.22. The second-order valence-electron chi connectivity index (χ2n) is 4.15. The Morgan fingerprint density at radius 2 is 2.24 bits per heavy atom. The molecule has 3 heterocycles. The topological polar surface area (TPSA) is 93.8 Å². The molecule has 10 heteroatoms. The van der Waals surface area contributed by atoms with Crippen LogP contribution in [0.5, 0.6) is 0 Å². The van der Waals surface area contributed by atoms with E-state index < -0.39 is 4.92 Å². The number of nitrogens with zero attached hydrogens (tertiary/aromatic N) is 5. The lowest BCUT2D eigenvalue weighted by Gasteiger charge is -2.23. The van der Waals surface area contributed by atoms with Gasteiger partial charge in [0, 0.05) is 5.38 Å². The number of hydrazone groups is 1. The molecular formula is C11H11N5O3S2. The monoisotopic (exact) mass is 325 g/mol. The minimum Gasteiger partial charge on any atom is -0.378 e. The molecule has 0 aliphatic carbocycles. The summed E-state index contributed by atoms with van der Waals surface area (Å²) in [6.45, 7) is 2.91. The summed E-state index contributed by atoms with van der Waals surface area (Å²) in [5.41, 5.74) is 0.722. The summed E-state index contributed by atoms with van der Waals surface area (Å²) in [6.07, 6.45) is 2.94. The predicted molar refractivity (Wildman–Crippen MR) is 79.9 cm³/mol. The number of ether oxygens (including phenoxy) is 1. The number of hydrogen-bond acceptors (Lipinski definition) is 9. The van der Waals surface area contributed by atoms with Crippen LogP contribution in [-0.2, 0) is 4.74 Å². The highest BCUT2D eigenvalue weighted by atomic mass is 32.1. The average Bonchev–Trinajstić information content (AvgIpc) is 3.15. The fourth-order valence-electron chi connectivity index (χ4n) is 1.70. The van der Waals surface area contributed by atoms with E-state index in [9.17, 15) is 10.1 Å². The van der Waals surface area contributed by atoms with E-state index in [1.807, 2.05) is 10.4 Å². The second-order valence-corrected chi connectivity index (χ2v) is 6.02. The van der Waals surface area contributed by atoms with E-state index in [1.165, 1.54) is 17.5 Å². The first-order chi connectivity index (χ1) is 10.2. The Morgan fingerprint density at radius 3 is 2.95 bits per heavy atom. The van der Waals surface area contributed by atoms with E-state index in [0.717, 1.165) is 30.1 Å². The van der Waals surface area contributed by atoms with Crippen LogP contribution >= 0.6 is 22.7 Å². The summed E-state index contributed by atoms with van der Waals surface area (Å²) >= 11 is 2.41. The van der Waals surface area contributed by atoms with Gasteiger partial charge in [-0.05, 0) is 11.3 Å². The zero-order chi connectivity index (χ0) is 14.7. The van der Waals surface area contributed by atoms with Crippen LogP contribution in [0.4, 0.5) is 5.00 Å². The molecule has 0 bridgehead atoms. The molecule has 0 spiro atoms. The molecular weight excluding hydrogens is 314 g/mol. The molecule has 2 aromatic heterocycles. The fraction of sp³-hybridized carbons (Fsp3) is 0.364. The Hall–Kier alpha value is -1.91. The molecule has 0 amide bonds. The Morgan fingerprint density at radius 1 is 1.43 bits per heavy atom. The van der Waals surface area contributed by atoms with Crippen LogP contribution < -0.4 is 0 Å². The molecule has 0 radical (unpaired) electrons. The third-order valence-electron chi connectivity index (χ3n) is 2.72. The minimum atomic E-state index is -0.449. The van der Waals surface area contributed by atoms with Crippen molar-refractivity contribution in [1.82, 2.24) is 15.0 Å². The minimum absolute atomic E-state index is 0.0173. The Bertz CT molecular complexity index is 662. The van der Waals surface area contributed by atoms with E-state index in [0.29, 0.717) is 23.2 Å². The van der Waals surface area contributed by atoms with Gasteiger partial charge in [-0.25, -0.2) is 9.97 Å². The molecule has 3 rings (SSSR count). The third kappa shape index (κ3) is 3.40. The fourth-order valence-corrected chi connectivity index (χ4v) is 3.25. The maximum absolute atomic E-state index is 10.7. The summed E-state index contributed by atoms with van der Waals surface area (Å²) in [6, 6.07) is 0. The molecule has 1 fully saturated rings. The van der Waals surface area contributed by atoms with Crippen molar-refractivity contribution in [2.45, 2.75) is 0 Å². The molecule has 21 heavy (non-hydrogen) atoms. The van der Waals surface area contributed by atoms with Gasteiger partial charge in [-0.3, -0.25) is 15.1 Å². The van der Waals surface area contributed by atoms with Gasteiger partial charge in [0.15, 0.2) is 10.0 Å². The highest BCUT2D eigenvalue weighted by Crippen LogP contribution is 2.31. The first kappa shape index (κ1) is 14.0. The van der Waals surface area contributed by atoms with E-state index in [2.05, 4.69) is 15.1 Å². The van der Waals surface area contributed by atoms with Crippen LogP contribution in [0.3, 0.4) is 0 Å². The third-order valence-corrected chi connectivity index (χ3v) is 4.67. The largest absolute Gasteiger partial charge is 0.378 e. The summed E-state index contributed by atoms with van der Waals surface area (Å²) in [7, 11) is 0.